The summed E-state index contributed by atoms with van der Waals surface area (Å²) in [4.78, 5) is 25.0. The minimum absolute atomic E-state index is 0.531. The molecule has 7 nitrogen and oxygen atoms in total. The molecule has 1 aromatic heterocycles. The molecular weight excluding hydrogens is 235 g/mol. The van der Waals surface area contributed by atoms with Crippen LogP contribution in [0.25, 0.3) is 0 Å². The van der Waals surface area contributed by atoms with Crippen molar-refractivity contribution in [2.75, 3.05) is 6.61 Å². The fourth-order valence-electron chi connectivity index (χ4n) is 1.74. The van der Waals surface area contributed by atoms with Gasteiger partial charge in [-0.05, 0) is 0 Å². The minimum atomic E-state index is -1.95. The Bertz CT molecular complexity index is 484. The van der Waals surface area contributed by atoms with E-state index in [-0.39, 0.29) is 0 Å². The van der Waals surface area contributed by atoms with Crippen molar-refractivity contribution in [3.05, 3.63) is 33.1 Å². The van der Waals surface area contributed by atoms with Crippen LogP contribution in [-0.2, 0) is 4.74 Å². The van der Waals surface area contributed by atoms with Gasteiger partial charge >= 0.3 is 5.69 Å². The molecule has 1 saturated heterocycles. The first-order chi connectivity index (χ1) is 8.06. The largest absolute Gasteiger partial charge is 0.394 e. The van der Waals surface area contributed by atoms with Gasteiger partial charge in [-0.1, -0.05) is 0 Å². The van der Waals surface area contributed by atoms with E-state index in [2.05, 4.69) is 4.98 Å². The second-order valence-corrected chi connectivity index (χ2v) is 3.67. The van der Waals surface area contributed by atoms with Crippen LogP contribution >= 0.6 is 0 Å². The van der Waals surface area contributed by atoms with E-state index >= 15 is 0 Å². The number of nitrogens with one attached hydrogen (secondary N) is 1. The molecule has 2 heterocycles. The first-order valence-corrected chi connectivity index (χ1v) is 4.95. The Kier molecular flexibility index (Phi) is 3.09. The molecule has 0 radical (unpaired) electrons. The van der Waals surface area contributed by atoms with E-state index in [1.165, 1.54) is 0 Å². The Morgan fingerprint density at radius 1 is 1.53 bits per heavy atom. The second kappa shape index (κ2) is 4.40. The van der Waals surface area contributed by atoms with Crippen LogP contribution < -0.4 is 11.2 Å². The van der Waals surface area contributed by atoms with Crippen molar-refractivity contribution < 1.29 is 19.3 Å². The summed E-state index contributed by atoms with van der Waals surface area (Å²) < 4.78 is 19.1. The number of rotatable bonds is 2. The van der Waals surface area contributed by atoms with Crippen LogP contribution in [0.4, 0.5) is 4.39 Å². The summed E-state index contributed by atoms with van der Waals surface area (Å²) >= 11 is 0. The molecule has 0 spiro atoms. The summed E-state index contributed by atoms with van der Waals surface area (Å²) in [7, 11) is 0. The van der Waals surface area contributed by atoms with Gasteiger partial charge in [0.25, 0.3) is 5.56 Å². The highest BCUT2D eigenvalue weighted by Crippen LogP contribution is 2.29. The number of H-pyrrole nitrogens is 1. The molecule has 0 saturated carbocycles. The third kappa shape index (κ3) is 1.90. The maximum Gasteiger partial charge on any atom is 0.330 e. The number of hydrogen-bond donors (Lipinski definition) is 3. The number of aliphatic hydroxyl groups excluding tert-OH is 2. The standard InChI is InChI=1S/C9H11FN2O5/c10-6-7(15)4(3-13)17-8(6)12-5(14)1-2-11-9(12)16/h1-2,4,6-8,13,15H,3H2,(H,11,16)/t4-,6+,7-,8-/m1/s1. The SMILES string of the molecule is O=c1cc[nH]c(=O)n1[C@@H]1O[C@H](CO)[C@@H](O)[C@@H]1F. The van der Waals surface area contributed by atoms with Gasteiger partial charge in [0.15, 0.2) is 12.4 Å². The van der Waals surface area contributed by atoms with E-state index in [0.717, 1.165) is 12.3 Å². The predicted molar refractivity (Wildman–Crippen MR) is 53.2 cm³/mol. The van der Waals surface area contributed by atoms with Crippen LogP contribution in [0.1, 0.15) is 6.23 Å². The molecule has 0 bridgehead atoms. The molecule has 0 amide bonds. The van der Waals surface area contributed by atoms with Crippen molar-refractivity contribution in [1.82, 2.24) is 9.55 Å². The third-order valence-electron chi connectivity index (χ3n) is 2.62. The fraction of sp³-hybridized carbons (Fsp3) is 0.556. The lowest BCUT2D eigenvalue weighted by Gasteiger charge is -2.14. The molecular formula is C9H11FN2O5. The van der Waals surface area contributed by atoms with Crippen molar-refractivity contribution >= 4 is 0 Å². The van der Waals surface area contributed by atoms with E-state index < -0.39 is 42.5 Å². The van der Waals surface area contributed by atoms with E-state index in [1.54, 1.807) is 0 Å². The van der Waals surface area contributed by atoms with Crippen molar-refractivity contribution in [2.45, 2.75) is 24.6 Å². The molecule has 17 heavy (non-hydrogen) atoms. The first kappa shape index (κ1) is 12.0. The minimum Gasteiger partial charge on any atom is -0.394 e. The number of aromatic amines is 1. The lowest BCUT2D eigenvalue weighted by atomic mass is 10.1. The van der Waals surface area contributed by atoms with Crippen LogP contribution in [0.2, 0.25) is 0 Å². The lowest BCUT2D eigenvalue weighted by Crippen LogP contribution is -2.40. The van der Waals surface area contributed by atoms with E-state index in [4.69, 9.17) is 9.84 Å². The van der Waals surface area contributed by atoms with Crippen molar-refractivity contribution in [2.24, 2.45) is 0 Å². The zero-order chi connectivity index (χ0) is 12.6. The number of alkyl halides is 1. The first-order valence-electron chi connectivity index (χ1n) is 4.95. The van der Waals surface area contributed by atoms with Crippen molar-refractivity contribution in [1.29, 1.82) is 0 Å². The molecule has 1 aliphatic heterocycles. The van der Waals surface area contributed by atoms with Crippen molar-refractivity contribution in [3.63, 3.8) is 0 Å². The number of halogens is 1. The van der Waals surface area contributed by atoms with Gasteiger partial charge in [0.1, 0.15) is 12.2 Å². The summed E-state index contributed by atoms with van der Waals surface area (Å²) in [5, 5.41) is 18.2. The van der Waals surface area contributed by atoms with Crippen molar-refractivity contribution in [3.8, 4) is 0 Å². The molecule has 0 aliphatic carbocycles. The summed E-state index contributed by atoms with van der Waals surface area (Å²) in [5.74, 6) is 0. The Morgan fingerprint density at radius 3 is 2.76 bits per heavy atom. The molecule has 4 atom stereocenters. The normalized spacial score (nSPS) is 32.9. The molecule has 1 fully saturated rings. The summed E-state index contributed by atoms with van der Waals surface area (Å²) in [6, 6.07) is 1.04. The molecule has 0 unspecified atom stereocenters. The second-order valence-electron chi connectivity index (χ2n) is 3.67. The zero-order valence-corrected chi connectivity index (χ0v) is 8.62. The maximum absolute atomic E-state index is 13.7. The van der Waals surface area contributed by atoms with Gasteiger partial charge in [-0.3, -0.25) is 4.79 Å². The smallest absolute Gasteiger partial charge is 0.330 e. The summed E-state index contributed by atoms with van der Waals surface area (Å²) in [6.45, 7) is -0.600. The average molecular weight is 246 g/mol. The van der Waals surface area contributed by atoms with Gasteiger partial charge < -0.3 is 19.9 Å². The third-order valence-corrected chi connectivity index (χ3v) is 2.62. The number of nitrogens with zero attached hydrogens (tertiary/aromatic N) is 1. The molecule has 2 rings (SSSR count). The molecule has 3 N–H and O–H groups in total. The van der Waals surface area contributed by atoms with Crippen LogP contribution in [0.15, 0.2) is 21.9 Å². The number of hydrogen-bond acceptors (Lipinski definition) is 5. The quantitative estimate of drug-likeness (QED) is 0.567. The van der Waals surface area contributed by atoms with Crippen LogP contribution in [0, 0.1) is 0 Å². The maximum atomic E-state index is 13.7. The van der Waals surface area contributed by atoms with Gasteiger partial charge in [0.05, 0.1) is 6.61 Å². The number of aliphatic hydroxyl groups is 2. The molecule has 1 aromatic rings. The highest BCUT2D eigenvalue weighted by molar-refractivity contribution is 4.93. The van der Waals surface area contributed by atoms with Gasteiger partial charge in [0, 0.05) is 12.3 Å². The van der Waals surface area contributed by atoms with E-state index in [1.807, 2.05) is 0 Å². The molecule has 94 valence electrons. The Morgan fingerprint density at radius 2 is 2.24 bits per heavy atom. The Hall–Kier alpha value is -1.51. The van der Waals surface area contributed by atoms with Crippen LogP contribution in [-0.4, -0.2) is 44.8 Å². The molecule has 8 heteroatoms. The van der Waals surface area contributed by atoms with E-state index in [0.29, 0.717) is 4.57 Å². The highest BCUT2D eigenvalue weighted by Gasteiger charge is 2.45. The number of ether oxygens (including phenoxy) is 1. The molecule has 0 aromatic carbocycles. The van der Waals surface area contributed by atoms with Gasteiger partial charge in [-0.15, -0.1) is 0 Å². The van der Waals surface area contributed by atoms with E-state index in [9.17, 15) is 19.1 Å². The zero-order valence-electron chi connectivity index (χ0n) is 8.62. The van der Waals surface area contributed by atoms with Gasteiger partial charge in [-0.2, -0.15) is 0 Å². The lowest BCUT2D eigenvalue weighted by molar-refractivity contribution is -0.0503. The Labute approximate surface area is 94.1 Å². The molecule has 1 aliphatic rings. The number of aromatic nitrogens is 2. The predicted octanol–water partition coefficient (Wildman–Crippen LogP) is -1.87. The Balaban J connectivity index is 2.42. The summed E-state index contributed by atoms with van der Waals surface area (Å²) in [5.41, 5.74) is -1.58. The van der Waals surface area contributed by atoms with Gasteiger partial charge in [0.2, 0.25) is 0 Å². The van der Waals surface area contributed by atoms with Crippen LogP contribution in [0.5, 0.6) is 0 Å². The highest BCUT2D eigenvalue weighted by atomic mass is 19.1. The fourth-order valence-corrected chi connectivity index (χ4v) is 1.74. The topological polar surface area (TPSA) is 105 Å². The van der Waals surface area contributed by atoms with Gasteiger partial charge in [-0.25, -0.2) is 13.8 Å². The van der Waals surface area contributed by atoms with Crippen LogP contribution in [0.3, 0.4) is 0 Å². The monoisotopic (exact) mass is 246 g/mol. The average Bonchev–Trinajstić information content (AvgIpc) is 2.57. The summed E-state index contributed by atoms with van der Waals surface area (Å²) in [6.07, 6.45) is -5.07.